The number of anilines is 1. The maximum Gasteiger partial charge on any atom is 0.490 e. The molecule has 1 amide bonds. The number of aliphatic carboxylic acids is 2. The number of amides is 1. The van der Waals surface area contributed by atoms with Gasteiger partial charge in [-0.1, -0.05) is 6.07 Å². The van der Waals surface area contributed by atoms with Crippen molar-refractivity contribution in [1.29, 1.82) is 5.26 Å². The number of nitrogens with zero attached hydrogens (tertiary/aromatic N) is 8. The molecule has 2 fully saturated rings. The van der Waals surface area contributed by atoms with Crippen molar-refractivity contribution in [3.63, 3.8) is 0 Å². The molecule has 4 aromatic heterocycles. The number of carbonyl (C=O) groups excluding carboxylic acids is 1. The highest BCUT2D eigenvalue weighted by Gasteiger charge is 2.54. The normalized spacial score (nSPS) is 16.3. The summed E-state index contributed by atoms with van der Waals surface area (Å²) in [6.45, 7) is 3.51. The number of hydrogen-bond acceptors (Lipinski definition) is 10. The molecule has 0 unspecified atom stereocenters. The van der Waals surface area contributed by atoms with Gasteiger partial charge >= 0.3 is 24.3 Å². The van der Waals surface area contributed by atoms with Gasteiger partial charge < -0.3 is 25.0 Å². The highest BCUT2D eigenvalue weighted by molar-refractivity contribution is 5.91. The van der Waals surface area contributed by atoms with Gasteiger partial charge in [-0.3, -0.25) is 9.78 Å². The Morgan fingerprint density at radius 2 is 1.56 bits per heavy atom. The molecule has 20 heteroatoms. The van der Waals surface area contributed by atoms with Gasteiger partial charge in [0.1, 0.15) is 11.9 Å². The SMILES string of the molecule is CN1C=C(c2cc(-c3ccc(N4CCN(C(=O)C5(c6ccccn6)CC5)CC4)nc3)c3c(C#N)cnn3c2)CN1.O=C(O)C(F)(F)F.O=C(O)C(F)(F)F. The van der Waals surface area contributed by atoms with Gasteiger partial charge in [-0.2, -0.15) is 36.7 Å². The number of fused-ring (bicyclic) bond motifs is 1. The van der Waals surface area contributed by atoms with Gasteiger partial charge in [-0.05, 0) is 54.3 Å². The molecular formula is C34H31F6N9O5. The van der Waals surface area contributed by atoms with Gasteiger partial charge in [0.05, 0.1) is 28.4 Å². The number of hydrazine groups is 1. The zero-order valence-corrected chi connectivity index (χ0v) is 28.3. The first-order valence-electron chi connectivity index (χ1n) is 16.1. The van der Waals surface area contributed by atoms with Crippen LogP contribution in [0.2, 0.25) is 0 Å². The molecule has 3 N–H and O–H groups in total. The number of hydrogen-bond donors (Lipinski definition) is 3. The van der Waals surface area contributed by atoms with E-state index in [1.807, 2.05) is 53.6 Å². The van der Waals surface area contributed by atoms with Crippen molar-refractivity contribution in [2.45, 2.75) is 30.6 Å². The number of piperazine rings is 1. The predicted molar refractivity (Wildman–Crippen MR) is 178 cm³/mol. The fourth-order valence-corrected chi connectivity index (χ4v) is 5.83. The summed E-state index contributed by atoms with van der Waals surface area (Å²) < 4.78 is 65.3. The van der Waals surface area contributed by atoms with Gasteiger partial charge in [-0.15, -0.1) is 0 Å². The Labute approximate surface area is 302 Å². The number of alkyl halides is 6. The number of carboxylic acid groups (broad SMARTS) is 2. The maximum absolute atomic E-state index is 13.4. The molecule has 6 heterocycles. The first-order valence-corrected chi connectivity index (χ1v) is 16.1. The summed E-state index contributed by atoms with van der Waals surface area (Å²) >= 11 is 0. The molecule has 1 aliphatic carbocycles. The molecule has 284 valence electrons. The zero-order chi connectivity index (χ0) is 39.4. The Hall–Kier alpha value is -6.23. The minimum absolute atomic E-state index is 0.200. The van der Waals surface area contributed by atoms with Crippen LogP contribution in [0.1, 0.15) is 29.7 Å². The number of carbonyl (C=O) groups is 3. The van der Waals surface area contributed by atoms with Crippen molar-refractivity contribution in [3.05, 3.63) is 84.2 Å². The lowest BCUT2D eigenvalue weighted by molar-refractivity contribution is -0.193. The summed E-state index contributed by atoms with van der Waals surface area (Å²) in [6.07, 6.45) is 0.853. The lowest BCUT2D eigenvalue weighted by Gasteiger charge is -2.37. The number of aromatic nitrogens is 4. The van der Waals surface area contributed by atoms with Crippen LogP contribution >= 0.6 is 0 Å². The van der Waals surface area contributed by atoms with Crippen molar-refractivity contribution in [1.82, 2.24) is 34.9 Å². The van der Waals surface area contributed by atoms with Crippen LogP contribution in [0.25, 0.3) is 22.2 Å². The van der Waals surface area contributed by atoms with Gasteiger partial charge in [0.15, 0.2) is 0 Å². The van der Waals surface area contributed by atoms with Gasteiger partial charge in [0, 0.05) is 75.7 Å². The number of carboxylic acids is 2. The Morgan fingerprint density at radius 3 is 2.04 bits per heavy atom. The van der Waals surface area contributed by atoms with E-state index in [0.29, 0.717) is 18.7 Å². The van der Waals surface area contributed by atoms with E-state index in [4.69, 9.17) is 24.8 Å². The number of nitrogens with one attached hydrogen (secondary N) is 1. The summed E-state index contributed by atoms with van der Waals surface area (Å²) in [5, 5.41) is 30.4. The molecule has 2 aliphatic heterocycles. The largest absolute Gasteiger partial charge is 0.490 e. The third kappa shape index (κ3) is 8.69. The quantitative estimate of drug-likeness (QED) is 0.249. The topological polar surface area (TPSA) is 180 Å². The van der Waals surface area contributed by atoms with Crippen LogP contribution in [0.4, 0.5) is 32.2 Å². The lowest BCUT2D eigenvalue weighted by Crippen LogP contribution is -2.51. The van der Waals surface area contributed by atoms with Crippen molar-refractivity contribution in [2.75, 3.05) is 44.7 Å². The molecule has 0 aromatic carbocycles. The fraction of sp³-hybridized carbons (Fsp3) is 0.324. The third-order valence-corrected chi connectivity index (χ3v) is 8.72. The molecular weight excluding hydrogens is 728 g/mol. The van der Waals surface area contributed by atoms with Crippen LogP contribution < -0.4 is 10.3 Å². The molecule has 0 atom stereocenters. The molecule has 3 aliphatic rings. The summed E-state index contributed by atoms with van der Waals surface area (Å²) in [4.78, 5) is 44.7. The highest BCUT2D eigenvalue weighted by atomic mass is 19.4. The molecule has 54 heavy (non-hydrogen) atoms. The van der Waals surface area contributed by atoms with E-state index < -0.39 is 29.7 Å². The lowest BCUT2D eigenvalue weighted by atomic mass is 9.99. The van der Waals surface area contributed by atoms with Crippen molar-refractivity contribution < 1.29 is 50.9 Å². The number of halogens is 6. The van der Waals surface area contributed by atoms with Crippen molar-refractivity contribution >= 4 is 34.8 Å². The molecule has 1 saturated carbocycles. The van der Waals surface area contributed by atoms with E-state index in [2.05, 4.69) is 44.8 Å². The van der Waals surface area contributed by atoms with Crippen LogP contribution in [0.15, 0.2) is 67.4 Å². The van der Waals surface area contributed by atoms with Crippen LogP contribution in [-0.4, -0.2) is 110 Å². The number of nitriles is 1. The number of pyridine rings is 3. The Bertz CT molecular complexity index is 2060. The second kappa shape index (κ2) is 15.4. The monoisotopic (exact) mass is 759 g/mol. The smallest absolute Gasteiger partial charge is 0.475 e. The van der Waals surface area contributed by atoms with E-state index >= 15 is 0 Å². The number of rotatable bonds is 5. The molecule has 0 spiro atoms. The molecule has 1 saturated heterocycles. The minimum atomic E-state index is -5.08. The second-order valence-corrected chi connectivity index (χ2v) is 12.3. The third-order valence-electron chi connectivity index (χ3n) is 8.72. The van der Waals surface area contributed by atoms with Gasteiger partial charge in [0.25, 0.3) is 0 Å². The van der Waals surface area contributed by atoms with Crippen LogP contribution in [-0.2, 0) is 19.8 Å². The second-order valence-electron chi connectivity index (χ2n) is 12.3. The zero-order valence-electron chi connectivity index (χ0n) is 28.3. The van der Waals surface area contributed by atoms with Crippen LogP contribution in [0, 0.1) is 11.3 Å². The maximum atomic E-state index is 13.4. The van der Waals surface area contributed by atoms with Gasteiger partial charge in [-0.25, -0.2) is 24.5 Å². The molecule has 0 radical (unpaired) electrons. The molecule has 7 rings (SSSR count). The van der Waals surface area contributed by atoms with E-state index in [1.165, 1.54) is 0 Å². The molecule has 4 aromatic rings. The minimum Gasteiger partial charge on any atom is -0.475 e. The van der Waals surface area contributed by atoms with Crippen molar-refractivity contribution in [3.8, 4) is 17.2 Å². The Kier molecular flexibility index (Phi) is 11.1. The average molecular weight is 760 g/mol. The predicted octanol–water partition coefficient (Wildman–Crippen LogP) is 4.10. The van der Waals surface area contributed by atoms with Crippen LogP contribution in [0.5, 0.6) is 0 Å². The van der Waals surface area contributed by atoms with E-state index in [-0.39, 0.29) is 5.91 Å². The summed E-state index contributed by atoms with van der Waals surface area (Å²) in [5.41, 5.74) is 9.07. The first kappa shape index (κ1) is 39.0. The van der Waals surface area contributed by atoms with E-state index in [0.717, 1.165) is 71.8 Å². The summed E-state index contributed by atoms with van der Waals surface area (Å²) in [6, 6.07) is 14.3. The summed E-state index contributed by atoms with van der Waals surface area (Å²) in [5.74, 6) is -4.43. The highest BCUT2D eigenvalue weighted by Crippen LogP contribution is 2.49. The van der Waals surface area contributed by atoms with E-state index in [9.17, 15) is 36.4 Å². The average Bonchev–Trinajstić information content (AvgIpc) is 3.67. The molecule has 0 bridgehead atoms. The van der Waals surface area contributed by atoms with E-state index in [1.54, 1.807) is 16.9 Å². The van der Waals surface area contributed by atoms with Crippen LogP contribution in [0.3, 0.4) is 0 Å². The fourth-order valence-electron chi connectivity index (χ4n) is 5.83. The molecule has 14 nitrogen and oxygen atoms in total. The van der Waals surface area contributed by atoms with Gasteiger partial charge in [0.2, 0.25) is 5.91 Å². The summed E-state index contributed by atoms with van der Waals surface area (Å²) in [7, 11) is 1.97. The first-order chi connectivity index (χ1) is 25.4. The standard InChI is InChI=1S/C30H29N9O.2C2HF3O2/c1-36-19-24(18-34-36)22-14-25(28-23(15-31)17-35-39(28)20-22)21-5-6-27(33-16-21)37-10-12-38(13-11-37)29(40)30(7-8-30)26-4-2-3-9-32-26;2*3-2(4,5)1(6)7/h2-6,9,14,16-17,19-20,34H,7-8,10-13,18H2,1H3;2*(H,6,7). The Balaban J connectivity index is 0.000000342. The Morgan fingerprint density at radius 1 is 0.907 bits per heavy atom. The van der Waals surface area contributed by atoms with Crippen molar-refractivity contribution in [2.24, 2.45) is 0 Å².